The molecule has 1 amide bonds. The Bertz CT molecular complexity index is 483. The summed E-state index contributed by atoms with van der Waals surface area (Å²) >= 11 is 0. The summed E-state index contributed by atoms with van der Waals surface area (Å²) in [6.07, 6.45) is 1.02. The average molecular weight is 242 g/mol. The van der Waals surface area contributed by atoms with Gasteiger partial charge in [0.2, 0.25) is 5.91 Å². The molecule has 0 spiro atoms. The van der Waals surface area contributed by atoms with Gasteiger partial charge in [-0.05, 0) is 17.7 Å². The van der Waals surface area contributed by atoms with E-state index in [1.807, 2.05) is 6.07 Å². The summed E-state index contributed by atoms with van der Waals surface area (Å²) < 4.78 is 21.7. The molecule has 0 aliphatic rings. The second kappa shape index (κ2) is 5.09. The number of rotatable bonds is 4. The fourth-order valence-electron chi connectivity index (χ4n) is 1.21. The first kappa shape index (κ1) is 12.7. The van der Waals surface area contributed by atoms with Crippen molar-refractivity contribution in [1.82, 2.24) is 0 Å². The zero-order chi connectivity index (χ0) is 12.2. The Morgan fingerprint density at radius 2 is 2.12 bits per heavy atom. The summed E-state index contributed by atoms with van der Waals surface area (Å²) in [5.74, 6) is -1.06. The first-order valence-electron chi connectivity index (χ1n) is 4.67. The van der Waals surface area contributed by atoms with Crippen molar-refractivity contribution >= 4 is 21.4 Å². The van der Waals surface area contributed by atoms with Crippen molar-refractivity contribution in [2.75, 3.05) is 17.3 Å². The minimum atomic E-state index is -3.30. The highest BCUT2D eigenvalue weighted by molar-refractivity contribution is 7.91. The maximum absolute atomic E-state index is 11.3. The minimum Gasteiger partial charge on any atom is -0.326 e. The van der Waals surface area contributed by atoms with Gasteiger partial charge in [-0.2, -0.15) is 0 Å². The molecule has 0 atom stereocenters. The van der Waals surface area contributed by atoms with Crippen LogP contribution in [0.2, 0.25) is 0 Å². The lowest BCUT2D eigenvalue weighted by Crippen LogP contribution is -2.21. The van der Waals surface area contributed by atoms with Crippen molar-refractivity contribution in [3.05, 3.63) is 29.8 Å². The number of anilines is 1. The summed E-state index contributed by atoms with van der Waals surface area (Å²) in [4.78, 5) is 11.3. The Balaban J connectivity index is 2.70. The molecule has 0 aromatic heterocycles. The number of nitrogens with two attached hydrogens (primary N) is 1. The highest BCUT2D eigenvalue weighted by atomic mass is 32.2. The molecule has 6 heteroatoms. The number of sulfone groups is 1. The number of amides is 1. The first-order chi connectivity index (χ1) is 7.40. The van der Waals surface area contributed by atoms with E-state index in [0.29, 0.717) is 12.2 Å². The zero-order valence-corrected chi connectivity index (χ0v) is 9.75. The quantitative estimate of drug-likeness (QED) is 0.785. The molecule has 0 fully saturated rings. The van der Waals surface area contributed by atoms with Gasteiger partial charge in [0, 0.05) is 18.5 Å². The lowest BCUT2D eigenvalue weighted by molar-refractivity contribution is -0.113. The average Bonchev–Trinajstić information content (AvgIpc) is 2.15. The number of hydrogen-bond donors (Lipinski definition) is 2. The topological polar surface area (TPSA) is 89.3 Å². The maximum Gasteiger partial charge on any atom is 0.239 e. The Kier molecular flexibility index (Phi) is 4.03. The van der Waals surface area contributed by atoms with E-state index in [4.69, 9.17) is 5.73 Å². The van der Waals surface area contributed by atoms with Crippen molar-refractivity contribution < 1.29 is 13.2 Å². The third-order valence-electron chi connectivity index (χ3n) is 1.84. The summed E-state index contributed by atoms with van der Waals surface area (Å²) in [7, 11) is -3.30. The Hall–Kier alpha value is -1.40. The molecule has 0 aliphatic carbocycles. The Labute approximate surface area is 94.6 Å². The molecule has 0 unspecified atom stereocenters. The van der Waals surface area contributed by atoms with Gasteiger partial charge in [0.1, 0.15) is 5.75 Å². The van der Waals surface area contributed by atoms with Crippen LogP contribution in [-0.2, 0) is 21.2 Å². The predicted octanol–water partition coefficient (Wildman–Crippen LogP) is 0.128. The molecule has 5 nitrogen and oxygen atoms in total. The van der Waals surface area contributed by atoms with Crippen molar-refractivity contribution in [2.24, 2.45) is 5.73 Å². The lowest BCUT2D eigenvalue weighted by Gasteiger charge is -2.05. The van der Waals surface area contributed by atoms with Gasteiger partial charge in [-0.3, -0.25) is 4.79 Å². The molecule has 0 heterocycles. The second-order valence-electron chi connectivity index (χ2n) is 3.52. The molecule has 0 saturated heterocycles. The highest BCUT2D eigenvalue weighted by Crippen LogP contribution is 2.09. The van der Waals surface area contributed by atoms with E-state index in [2.05, 4.69) is 5.32 Å². The molecule has 1 rings (SSSR count). The van der Waals surface area contributed by atoms with Crippen LogP contribution in [0.4, 0.5) is 5.69 Å². The van der Waals surface area contributed by atoms with Gasteiger partial charge in [0.25, 0.3) is 0 Å². The van der Waals surface area contributed by atoms with Crippen LogP contribution in [0.3, 0.4) is 0 Å². The van der Waals surface area contributed by atoms with E-state index in [-0.39, 0.29) is 0 Å². The second-order valence-corrected chi connectivity index (χ2v) is 5.66. The number of carbonyl (C=O) groups is 1. The van der Waals surface area contributed by atoms with E-state index in [1.165, 1.54) is 0 Å². The molecule has 0 radical (unpaired) electrons. The van der Waals surface area contributed by atoms with Crippen LogP contribution in [0.15, 0.2) is 24.3 Å². The van der Waals surface area contributed by atoms with Crippen LogP contribution in [-0.4, -0.2) is 26.3 Å². The standard InChI is InChI=1S/C10H14N2O3S/c1-16(14,15)7-10(13)12-9-4-2-3-8(5-9)6-11/h2-5H,6-7,11H2,1H3,(H,12,13). The van der Waals surface area contributed by atoms with E-state index >= 15 is 0 Å². The van der Waals surface area contributed by atoms with Gasteiger partial charge in [0.15, 0.2) is 9.84 Å². The SMILES string of the molecule is CS(=O)(=O)CC(=O)Nc1cccc(CN)c1. The van der Waals surface area contributed by atoms with Crippen molar-refractivity contribution in [3.63, 3.8) is 0 Å². The molecule has 1 aromatic carbocycles. The molecular weight excluding hydrogens is 228 g/mol. The van der Waals surface area contributed by atoms with Crippen molar-refractivity contribution in [1.29, 1.82) is 0 Å². The summed E-state index contributed by atoms with van der Waals surface area (Å²) in [6, 6.07) is 6.96. The van der Waals surface area contributed by atoms with E-state index in [9.17, 15) is 13.2 Å². The first-order valence-corrected chi connectivity index (χ1v) is 6.73. The molecule has 3 N–H and O–H groups in total. The normalized spacial score (nSPS) is 11.1. The maximum atomic E-state index is 11.3. The van der Waals surface area contributed by atoms with Crippen LogP contribution in [0.25, 0.3) is 0 Å². The third kappa shape index (κ3) is 4.41. The summed E-state index contributed by atoms with van der Waals surface area (Å²) in [5, 5.41) is 2.50. The molecular formula is C10H14N2O3S. The molecule has 88 valence electrons. The fourth-order valence-corrected chi connectivity index (χ4v) is 1.76. The number of nitrogens with one attached hydrogen (secondary N) is 1. The van der Waals surface area contributed by atoms with Crippen molar-refractivity contribution in [3.8, 4) is 0 Å². The summed E-state index contributed by atoms with van der Waals surface area (Å²) in [6.45, 7) is 0.371. The van der Waals surface area contributed by atoms with Crippen LogP contribution >= 0.6 is 0 Å². The number of carbonyl (C=O) groups excluding carboxylic acids is 1. The van der Waals surface area contributed by atoms with Crippen molar-refractivity contribution in [2.45, 2.75) is 6.54 Å². The van der Waals surface area contributed by atoms with Gasteiger partial charge in [-0.25, -0.2) is 8.42 Å². The van der Waals surface area contributed by atoms with Crippen LogP contribution in [0.5, 0.6) is 0 Å². The van der Waals surface area contributed by atoms with Gasteiger partial charge in [-0.15, -0.1) is 0 Å². The minimum absolute atomic E-state index is 0.371. The van der Waals surface area contributed by atoms with Crippen LogP contribution < -0.4 is 11.1 Å². The Morgan fingerprint density at radius 3 is 2.69 bits per heavy atom. The molecule has 1 aromatic rings. The number of hydrogen-bond acceptors (Lipinski definition) is 4. The van der Waals surface area contributed by atoms with Crippen LogP contribution in [0, 0.1) is 0 Å². The lowest BCUT2D eigenvalue weighted by atomic mass is 10.2. The smallest absolute Gasteiger partial charge is 0.239 e. The van der Waals surface area contributed by atoms with Gasteiger partial charge in [0.05, 0.1) is 0 Å². The monoisotopic (exact) mass is 242 g/mol. The van der Waals surface area contributed by atoms with Gasteiger partial charge in [-0.1, -0.05) is 12.1 Å². The van der Waals surface area contributed by atoms with Gasteiger partial charge < -0.3 is 11.1 Å². The van der Waals surface area contributed by atoms with E-state index < -0.39 is 21.5 Å². The molecule has 0 bridgehead atoms. The molecule has 0 saturated carbocycles. The predicted molar refractivity (Wildman–Crippen MR) is 62.7 cm³/mol. The summed E-state index contributed by atoms with van der Waals surface area (Å²) in [5.41, 5.74) is 6.87. The zero-order valence-electron chi connectivity index (χ0n) is 8.93. The Morgan fingerprint density at radius 1 is 1.44 bits per heavy atom. The van der Waals surface area contributed by atoms with Gasteiger partial charge >= 0.3 is 0 Å². The third-order valence-corrected chi connectivity index (χ3v) is 2.63. The van der Waals surface area contributed by atoms with E-state index in [0.717, 1.165) is 11.8 Å². The largest absolute Gasteiger partial charge is 0.326 e. The molecule has 16 heavy (non-hydrogen) atoms. The fraction of sp³-hybridized carbons (Fsp3) is 0.300. The van der Waals surface area contributed by atoms with E-state index in [1.54, 1.807) is 18.2 Å². The number of benzene rings is 1. The van der Waals surface area contributed by atoms with Crippen LogP contribution in [0.1, 0.15) is 5.56 Å². The highest BCUT2D eigenvalue weighted by Gasteiger charge is 2.10. The molecule has 0 aliphatic heterocycles.